The van der Waals surface area contributed by atoms with Crippen LogP contribution >= 0.6 is 0 Å². The molecule has 0 aromatic carbocycles. The van der Waals surface area contributed by atoms with Gasteiger partial charge in [-0.25, -0.2) is 9.98 Å². The van der Waals surface area contributed by atoms with E-state index in [-0.39, 0.29) is 0 Å². The number of hydrogen-bond acceptors (Lipinski definition) is 6. The van der Waals surface area contributed by atoms with Crippen molar-refractivity contribution in [3.63, 3.8) is 0 Å². The molecule has 0 atom stereocenters. The maximum atomic E-state index is 5.85. The van der Waals surface area contributed by atoms with Crippen molar-refractivity contribution in [1.82, 2.24) is 15.6 Å². The Balaban J connectivity index is 1.42. The van der Waals surface area contributed by atoms with Gasteiger partial charge in [0.1, 0.15) is 5.82 Å². The third-order valence-electron chi connectivity index (χ3n) is 5.38. The zero-order valence-corrected chi connectivity index (χ0v) is 18.3. The predicted octanol–water partition coefficient (Wildman–Crippen LogP) is 1.81. The molecule has 0 radical (unpaired) electrons. The highest BCUT2D eigenvalue weighted by atomic mass is 16.5. The number of guanidine groups is 1. The molecule has 2 N–H and O–H groups in total. The van der Waals surface area contributed by atoms with Crippen molar-refractivity contribution < 1.29 is 14.2 Å². The van der Waals surface area contributed by atoms with Gasteiger partial charge in [0, 0.05) is 64.4 Å². The van der Waals surface area contributed by atoms with E-state index in [9.17, 15) is 0 Å². The standard InChI is InChI=1S/C22H37N5O3/c1-2-23-22(25-9-4-12-30-18-19-6-13-28-14-7-19)26-17-20-5-3-8-24-21(20)27-10-15-29-16-11-27/h3,5,8,19H,2,4,6-7,9-18H2,1H3,(H2,23,25,26). The third-order valence-corrected chi connectivity index (χ3v) is 5.38. The van der Waals surface area contributed by atoms with Crippen LogP contribution in [0.15, 0.2) is 23.3 Å². The maximum absolute atomic E-state index is 5.85. The van der Waals surface area contributed by atoms with Gasteiger partial charge in [0.2, 0.25) is 0 Å². The van der Waals surface area contributed by atoms with Crippen LogP contribution in [0.1, 0.15) is 31.7 Å². The van der Waals surface area contributed by atoms with E-state index in [1.165, 1.54) is 0 Å². The maximum Gasteiger partial charge on any atom is 0.191 e. The number of nitrogens with one attached hydrogen (secondary N) is 2. The largest absolute Gasteiger partial charge is 0.381 e. The molecule has 0 aliphatic carbocycles. The highest BCUT2D eigenvalue weighted by molar-refractivity contribution is 5.79. The zero-order chi connectivity index (χ0) is 20.9. The van der Waals surface area contributed by atoms with Crippen molar-refractivity contribution in [3.8, 4) is 0 Å². The Morgan fingerprint density at radius 3 is 2.80 bits per heavy atom. The first-order valence-electron chi connectivity index (χ1n) is 11.3. The number of aliphatic imine (C=N–C) groups is 1. The number of ether oxygens (including phenoxy) is 3. The Labute approximate surface area is 180 Å². The van der Waals surface area contributed by atoms with Crippen LogP contribution in [0, 0.1) is 5.92 Å². The van der Waals surface area contributed by atoms with Gasteiger partial charge < -0.3 is 29.7 Å². The van der Waals surface area contributed by atoms with Crippen molar-refractivity contribution in [1.29, 1.82) is 0 Å². The lowest BCUT2D eigenvalue weighted by molar-refractivity contribution is 0.0203. The Morgan fingerprint density at radius 1 is 1.20 bits per heavy atom. The Hall–Kier alpha value is -1.90. The van der Waals surface area contributed by atoms with Crippen LogP contribution in [0.5, 0.6) is 0 Å². The quantitative estimate of drug-likeness (QED) is 0.340. The second-order valence-electron chi connectivity index (χ2n) is 7.69. The van der Waals surface area contributed by atoms with Gasteiger partial charge in [-0.1, -0.05) is 6.07 Å². The summed E-state index contributed by atoms with van der Waals surface area (Å²) in [5, 5.41) is 6.74. The molecule has 168 valence electrons. The molecule has 1 aromatic heterocycles. The fourth-order valence-corrected chi connectivity index (χ4v) is 3.66. The molecule has 8 heteroatoms. The summed E-state index contributed by atoms with van der Waals surface area (Å²) < 4.78 is 16.7. The molecular formula is C22H37N5O3. The van der Waals surface area contributed by atoms with Crippen LogP contribution in [-0.4, -0.2) is 76.8 Å². The van der Waals surface area contributed by atoms with E-state index in [0.29, 0.717) is 12.5 Å². The van der Waals surface area contributed by atoms with Crippen LogP contribution in [-0.2, 0) is 20.8 Å². The molecule has 3 heterocycles. The molecule has 1 aromatic rings. The second kappa shape index (κ2) is 13.4. The van der Waals surface area contributed by atoms with E-state index in [1.54, 1.807) is 0 Å². The highest BCUT2D eigenvalue weighted by Gasteiger charge is 2.16. The van der Waals surface area contributed by atoms with Gasteiger partial charge in [-0.2, -0.15) is 0 Å². The molecule has 2 aliphatic heterocycles. The normalized spacial score (nSPS) is 18.4. The van der Waals surface area contributed by atoms with Gasteiger partial charge in [0.15, 0.2) is 5.96 Å². The minimum Gasteiger partial charge on any atom is -0.381 e. The minimum atomic E-state index is 0.593. The second-order valence-corrected chi connectivity index (χ2v) is 7.69. The Kier molecular flexibility index (Phi) is 10.2. The van der Waals surface area contributed by atoms with Crippen LogP contribution in [0.3, 0.4) is 0 Å². The zero-order valence-electron chi connectivity index (χ0n) is 18.3. The molecule has 0 saturated carbocycles. The molecule has 8 nitrogen and oxygen atoms in total. The van der Waals surface area contributed by atoms with Crippen molar-refractivity contribution in [2.45, 2.75) is 32.7 Å². The molecule has 2 fully saturated rings. The number of aromatic nitrogens is 1. The summed E-state index contributed by atoms with van der Waals surface area (Å²) in [5.74, 6) is 2.51. The predicted molar refractivity (Wildman–Crippen MR) is 119 cm³/mol. The van der Waals surface area contributed by atoms with Crippen molar-refractivity contribution in [2.24, 2.45) is 10.9 Å². The molecule has 2 aliphatic rings. The van der Waals surface area contributed by atoms with Gasteiger partial charge >= 0.3 is 0 Å². The van der Waals surface area contributed by atoms with Gasteiger partial charge in [0.05, 0.1) is 19.8 Å². The number of hydrogen-bond donors (Lipinski definition) is 2. The summed E-state index contributed by atoms with van der Waals surface area (Å²) >= 11 is 0. The van der Waals surface area contributed by atoms with E-state index in [4.69, 9.17) is 19.2 Å². The van der Waals surface area contributed by atoms with E-state index in [2.05, 4.69) is 33.5 Å². The monoisotopic (exact) mass is 419 g/mol. The summed E-state index contributed by atoms with van der Waals surface area (Å²) in [4.78, 5) is 11.7. The average molecular weight is 420 g/mol. The van der Waals surface area contributed by atoms with Crippen LogP contribution < -0.4 is 15.5 Å². The smallest absolute Gasteiger partial charge is 0.191 e. The SMILES string of the molecule is CCNC(=NCc1cccnc1N1CCOCC1)NCCCOCC1CCOCC1. The number of nitrogens with zero attached hydrogens (tertiary/aromatic N) is 3. The summed E-state index contributed by atoms with van der Waals surface area (Å²) in [7, 11) is 0. The molecule has 2 saturated heterocycles. The summed E-state index contributed by atoms with van der Waals surface area (Å²) in [6.07, 6.45) is 5.05. The molecular weight excluding hydrogens is 382 g/mol. The van der Waals surface area contributed by atoms with Crippen molar-refractivity contribution in [3.05, 3.63) is 23.9 Å². The van der Waals surface area contributed by atoms with Crippen molar-refractivity contribution >= 4 is 11.8 Å². The molecule has 3 rings (SSSR count). The van der Waals surface area contributed by atoms with E-state index < -0.39 is 0 Å². The fraction of sp³-hybridized carbons (Fsp3) is 0.727. The Morgan fingerprint density at radius 2 is 2.00 bits per heavy atom. The van der Waals surface area contributed by atoms with Crippen LogP contribution in [0.2, 0.25) is 0 Å². The van der Waals surface area contributed by atoms with E-state index in [1.807, 2.05) is 12.3 Å². The lowest BCUT2D eigenvalue weighted by Crippen LogP contribution is -2.38. The highest BCUT2D eigenvalue weighted by Crippen LogP contribution is 2.19. The number of pyridine rings is 1. The minimum absolute atomic E-state index is 0.593. The molecule has 0 spiro atoms. The third kappa shape index (κ3) is 7.74. The topological polar surface area (TPSA) is 80.2 Å². The van der Waals surface area contributed by atoms with E-state index in [0.717, 1.165) is 102 Å². The van der Waals surface area contributed by atoms with Crippen molar-refractivity contribution in [2.75, 3.05) is 70.7 Å². The summed E-state index contributed by atoms with van der Waals surface area (Å²) in [5.41, 5.74) is 1.14. The molecule has 0 unspecified atom stereocenters. The molecule has 30 heavy (non-hydrogen) atoms. The average Bonchev–Trinajstić information content (AvgIpc) is 2.81. The molecule has 0 amide bonds. The first-order valence-corrected chi connectivity index (χ1v) is 11.3. The molecule has 0 bridgehead atoms. The van der Waals surface area contributed by atoms with Crippen LogP contribution in [0.4, 0.5) is 5.82 Å². The lowest BCUT2D eigenvalue weighted by atomic mass is 10.0. The number of morpholine rings is 1. The summed E-state index contributed by atoms with van der Waals surface area (Å²) in [6, 6.07) is 4.08. The van der Waals surface area contributed by atoms with Gasteiger partial charge in [-0.05, 0) is 38.2 Å². The number of anilines is 1. The first kappa shape index (κ1) is 22.8. The number of rotatable bonds is 10. The van der Waals surface area contributed by atoms with Crippen LogP contribution in [0.25, 0.3) is 0 Å². The van der Waals surface area contributed by atoms with Gasteiger partial charge in [0.25, 0.3) is 0 Å². The fourth-order valence-electron chi connectivity index (χ4n) is 3.66. The first-order chi connectivity index (χ1) is 14.9. The lowest BCUT2D eigenvalue weighted by Gasteiger charge is -2.29. The Bertz CT molecular complexity index is 631. The van der Waals surface area contributed by atoms with Gasteiger partial charge in [-0.15, -0.1) is 0 Å². The van der Waals surface area contributed by atoms with Gasteiger partial charge in [-0.3, -0.25) is 0 Å². The van der Waals surface area contributed by atoms with E-state index >= 15 is 0 Å². The summed E-state index contributed by atoms with van der Waals surface area (Å²) in [6.45, 7) is 11.0.